The minimum Gasteiger partial charge on any atom is -0.508 e. The second-order valence-electron chi connectivity index (χ2n) is 3.70. The summed E-state index contributed by atoms with van der Waals surface area (Å²) >= 11 is 1.34. The van der Waals surface area contributed by atoms with Gasteiger partial charge in [0.1, 0.15) is 11.5 Å². The minimum absolute atomic E-state index is 0.128. The lowest BCUT2D eigenvalue weighted by molar-refractivity contribution is 0.0955. The Balaban J connectivity index is 1.93. The highest BCUT2D eigenvalue weighted by molar-refractivity contribution is 7.12. The van der Waals surface area contributed by atoms with Crippen molar-refractivity contribution in [2.45, 2.75) is 6.54 Å². The van der Waals surface area contributed by atoms with Gasteiger partial charge in [-0.15, -0.1) is 11.3 Å². The first-order chi connectivity index (χ1) is 8.69. The third-order valence-electron chi connectivity index (χ3n) is 2.42. The number of hydrogen-bond acceptors (Lipinski definition) is 4. The Morgan fingerprint density at radius 1 is 1.39 bits per heavy atom. The summed E-state index contributed by atoms with van der Waals surface area (Å²) in [7, 11) is 1.57. The summed E-state index contributed by atoms with van der Waals surface area (Å²) in [6, 6.07) is 8.43. The summed E-state index contributed by atoms with van der Waals surface area (Å²) in [6.07, 6.45) is 0. The van der Waals surface area contributed by atoms with E-state index in [1.807, 2.05) is 0 Å². The maximum absolute atomic E-state index is 11.8. The number of amides is 1. The lowest BCUT2D eigenvalue weighted by Crippen LogP contribution is -2.21. The molecule has 0 aliphatic carbocycles. The molecule has 4 nitrogen and oxygen atoms in total. The monoisotopic (exact) mass is 263 g/mol. The molecule has 2 aromatic rings. The third kappa shape index (κ3) is 3.01. The summed E-state index contributed by atoms with van der Waals surface area (Å²) in [5.41, 5.74) is 0.935. The van der Waals surface area contributed by atoms with Gasteiger partial charge < -0.3 is 15.2 Å². The molecule has 2 rings (SSSR count). The molecular formula is C13H13NO3S. The highest BCUT2D eigenvalue weighted by Gasteiger charge is 2.08. The van der Waals surface area contributed by atoms with Gasteiger partial charge in [0.25, 0.3) is 5.91 Å². The number of phenolic OH excluding ortho intramolecular Hbond substituents is 1. The molecule has 1 heterocycles. The zero-order valence-electron chi connectivity index (χ0n) is 9.84. The molecule has 1 amide bonds. The molecule has 1 aromatic heterocycles. The average Bonchev–Trinajstić information content (AvgIpc) is 2.86. The summed E-state index contributed by atoms with van der Waals surface area (Å²) in [4.78, 5) is 12.4. The second kappa shape index (κ2) is 5.55. The summed E-state index contributed by atoms with van der Waals surface area (Å²) in [5.74, 6) is 0.777. The topological polar surface area (TPSA) is 58.6 Å². The number of benzene rings is 1. The number of phenols is 1. The fraction of sp³-hybridized carbons (Fsp3) is 0.154. The van der Waals surface area contributed by atoms with Gasteiger partial charge in [-0.25, -0.2) is 0 Å². The zero-order valence-corrected chi connectivity index (χ0v) is 10.7. The smallest absolute Gasteiger partial charge is 0.261 e. The Bertz CT molecular complexity index is 533. The van der Waals surface area contributed by atoms with Crippen molar-refractivity contribution in [3.8, 4) is 11.5 Å². The van der Waals surface area contributed by atoms with E-state index in [0.717, 1.165) is 5.56 Å². The first-order valence-corrected chi connectivity index (χ1v) is 6.25. The molecule has 0 unspecified atom stereocenters. The predicted molar refractivity (Wildman–Crippen MR) is 70.1 cm³/mol. The highest BCUT2D eigenvalue weighted by Crippen LogP contribution is 2.21. The molecule has 0 saturated heterocycles. The number of rotatable bonds is 4. The highest BCUT2D eigenvalue weighted by atomic mass is 32.1. The van der Waals surface area contributed by atoms with Crippen molar-refractivity contribution in [1.82, 2.24) is 5.32 Å². The largest absolute Gasteiger partial charge is 0.508 e. The van der Waals surface area contributed by atoms with Crippen LogP contribution in [0.1, 0.15) is 15.2 Å². The van der Waals surface area contributed by atoms with E-state index in [4.69, 9.17) is 9.84 Å². The van der Waals surface area contributed by atoms with Gasteiger partial charge in [-0.05, 0) is 17.7 Å². The Morgan fingerprint density at radius 2 is 2.11 bits per heavy atom. The standard InChI is InChI=1S/C13H13NO3S/c1-17-11-6-12(18-8-11)13(16)14-7-9-2-4-10(15)5-3-9/h2-6,8,15H,7H2,1H3,(H,14,16). The molecule has 5 heteroatoms. The first kappa shape index (κ1) is 12.4. The molecule has 2 N–H and O–H groups in total. The maximum atomic E-state index is 11.8. The van der Waals surface area contributed by atoms with Crippen molar-refractivity contribution < 1.29 is 14.6 Å². The molecule has 0 saturated carbocycles. The van der Waals surface area contributed by atoms with Gasteiger partial charge in [0.15, 0.2) is 0 Å². The molecule has 18 heavy (non-hydrogen) atoms. The number of thiophene rings is 1. The summed E-state index contributed by atoms with van der Waals surface area (Å²) in [6.45, 7) is 0.430. The van der Waals surface area contributed by atoms with Crippen LogP contribution in [0.2, 0.25) is 0 Å². The number of ether oxygens (including phenoxy) is 1. The van der Waals surface area contributed by atoms with Crippen LogP contribution in [0.4, 0.5) is 0 Å². The zero-order chi connectivity index (χ0) is 13.0. The Hall–Kier alpha value is -2.01. The van der Waals surface area contributed by atoms with Crippen LogP contribution in [-0.2, 0) is 6.54 Å². The van der Waals surface area contributed by atoms with Crippen molar-refractivity contribution in [3.05, 3.63) is 46.2 Å². The van der Waals surface area contributed by atoms with E-state index >= 15 is 0 Å². The van der Waals surface area contributed by atoms with E-state index in [-0.39, 0.29) is 11.7 Å². The molecule has 0 bridgehead atoms. The molecule has 0 fully saturated rings. The van der Waals surface area contributed by atoms with Gasteiger partial charge >= 0.3 is 0 Å². The van der Waals surface area contributed by atoms with Crippen LogP contribution < -0.4 is 10.1 Å². The quantitative estimate of drug-likeness (QED) is 0.890. The van der Waals surface area contributed by atoms with Crippen LogP contribution in [-0.4, -0.2) is 18.1 Å². The van der Waals surface area contributed by atoms with Gasteiger partial charge in [0.2, 0.25) is 0 Å². The van der Waals surface area contributed by atoms with Crippen molar-refractivity contribution in [3.63, 3.8) is 0 Å². The number of hydrogen-bond donors (Lipinski definition) is 2. The minimum atomic E-state index is -0.128. The average molecular weight is 263 g/mol. The fourth-order valence-corrected chi connectivity index (χ4v) is 2.20. The molecule has 94 valence electrons. The number of carbonyl (C=O) groups excluding carboxylic acids is 1. The van der Waals surface area contributed by atoms with Crippen LogP contribution in [0.25, 0.3) is 0 Å². The molecule has 0 radical (unpaired) electrons. The molecule has 1 aromatic carbocycles. The van der Waals surface area contributed by atoms with Crippen LogP contribution in [0, 0.1) is 0 Å². The van der Waals surface area contributed by atoms with E-state index < -0.39 is 0 Å². The number of methoxy groups -OCH3 is 1. The first-order valence-electron chi connectivity index (χ1n) is 5.37. The van der Waals surface area contributed by atoms with Gasteiger partial charge in [-0.3, -0.25) is 4.79 Å². The second-order valence-corrected chi connectivity index (χ2v) is 4.61. The fourth-order valence-electron chi connectivity index (χ4n) is 1.43. The Morgan fingerprint density at radius 3 is 2.72 bits per heavy atom. The van der Waals surface area contributed by atoms with E-state index in [0.29, 0.717) is 17.2 Å². The van der Waals surface area contributed by atoms with Crippen LogP contribution >= 0.6 is 11.3 Å². The number of aromatic hydroxyl groups is 1. The van der Waals surface area contributed by atoms with Gasteiger partial charge in [0, 0.05) is 18.0 Å². The number of carbonyl (C=O) groups is 1. The number of nitrogens with one attached hydrogen (secondary N) is 1. The van der Waals surface area contributed by atoms with Crippen LogP contribution in [0.3, 0.4) is 0 Å². The molecule has 0 atom stereocenters. The molecular weight excluding hydrogens is 250 g/mol. The SMILES string of the molecule is COc1csc(C(=O)NCc2ccc(O)cc2)c1. The van der Waals surface area contributed by atoms with Crippen molar-refractivity contribution in [1.29, 1.82) is 0 Å². The molecule has 0 aliphatic heterocycles. The molecule has 0 aliphatic rings. The third-order valence-corrected chi connectivity index (χ3v) is 3.33. The van der Waals surface area contributed by atoms with Gasteiger partial charge in [0.05, 0.1) is 12.0 Å². The van der Waals surface area contributed by atoms with E-state index in [9.17, 15) is 4.79 Å². The van der Waals surface area contributed by atoms with Crippen LogP contribution in [0.5, 0.6) is 11.5 Å². The van der Waals surface area contributed by atoms with Crippen molar-refractivity contribution >= 4 is 17.2 Å². The van der Waals surface area contributed by atoms with Gasteiger partial charge in [-0.1, -0.05) is 12.1 Å². The van der Waals surface area contributed by atoms with E-state index in [2.05, 4.69) is 5.32 Å². The van der Waals surface area contributed by atoms with Crippen molar-refractivity contribution in [2.75, 3.05) is 7.11 Å². The Labute approximate surface area is 109 Å². The lowest BCUT2D eigenvalue weighted by atomic mass is 10.2. The van der Waals surface area contributed by atoms with E-state index in [1.54, 1.807) is 42.8 Å². The lowest BCUT2D eigenvalue weighted by Gasteiger charge is -2.03. The van der Waals surface area contributed by atoms with Crippen molar-refractivity contribution in [2.24, 2.45) is 0 Å². The maximum Gasteiger partial charge on any atom is 0.261 e. The van der Waals surface area contributed by atoms with Crippen LogP contribution in [0.15, 0.2) is 35.7 Å². The Kier molecular flexibility index (Phi) is 3.84. The molecule has 0 spiro atoms. The predicted octanol–water partition coefficient (Wildman–Crippen LogP) is 2.39. The van der Waals surface area contributed by atoms with E-state index in [1.165, 1.54) is 11.3 Å². The normalized spacial score (nSPS) is 10.1. The summed E-state index contributed by atoms with van der Waals surface area (Å²) in [5, 5.41) is 13.7. The summed E-state index contributed by atoms with van der Waals surface area (Å²) < 4.78 is 5.02. The van der Waals surface area contributed by atoms with Gasteiger partial charge in [-0.2, -0.15) is 0 Å².